The first-order valence-electron chi connectivity index (χ1n) is 12.9. The summed E-state index contributed by atoms with van der Waals surface area (Å²) < 4.78 is 7.05. The Kier molecular flexibility index (Phi) is 8.07. The molecule has 0 radical (unpaired) electrons. The van der Waals surface area contributed by atoms with Gasteiger partial charge in [-0.05, 0) is 66.8 Å². The maximum Gasteiger partial charge on any atom is 0.266 e. The molecular weight excluding hydrogens is 462 g/mol. The average molecular weight is 498 g/mol. The van der Waals surface area contributed by atoms with Gasteiger partial charge in [0.15, 0.2) is 0 Å². The summed E-state index contributed by atoms with van der Waals surface area (Å²) in [6.07, 6.45) is 1.51. The topological polar surface area (TPSA) is 64.4 Å². The lowest BCUT2D eigenvalue weighted by atomic mass is 10.0. The van der Waals surface area contributed by atoms with Crippen LogP contribution in [-0.4, -0.2) is 34.0 Å². The Morgan fingerprint density at radius 3 is 2.38 bits per heavy atom. The van der Waals surface area contributed by atoms with Crippen molar-refractivity contribution in [3.8, 4) is 11.4 Å². The van der Waals surface area contributed by atoms with Crippen LogP contribution in [0.15, 0.2) is 77.6 Å². The molecule has 0 bridgehead atoms. The number of para-hydroxylation sites is 1. The minimum Gasteiger partial charge on any atom is -0.497 e. The maximum absolute atomic E-state index is 14.0. The fraction of sp³-hybridized carbons (Fsp3) is 0.323. The van der Waals surface area contributed by atoms with Crippen LogP contribution in [0, 0.1) is 5.92 Å². The lowest BCUT2D eigenvalue weighted by molar-refractivity contribution is 0.0631. The predicted molar refractivity (Wildman–Crippen MR) is 149 cm³/mol. The minimum atomic E-state index is -0.413. The Bertz CT molecular complexity index is 1440. The maximum atomic E-state index is 14.0. The van der Waals surface area contributed by atoms with E-state index in [1.54, 1.807) is 29.9 Å². The summed E-state index contributed by atoms with van der Waals surface area (Å²) in [7, 11) is 1.59. The molecule has 0 aliphatic carbocycles. The van der Waals surface area contributed by atoms with E-state index in [4.69, 9.17) is 9.72 Å². The van der Waals surface area contributed by atoms with Crippen LogP contribution in [0.25, 0.3) is 16.6 Å². The number of aromatic nitrogens is 2. The van der Waals surface area contributed by atoms with Crippen molar-refractivity contribution in [3.63, 3.8) is 0 Å². The monoisotopic (exact) mass is 497 g/mol. The first-order valence-corrected chi connectivity index (χ1v) is 12.9. The van der Waals surface area contributed by atoms with Crippen molar-refractivity contribution < 1.29 is 9.53 Å². The minimum absolute atomic E-state index is 0.116. The molecule has 0 saturated carbocycles. The number of fused-ring (bicyclic) bond motifs is 1. The number of benzene rings is 3. The molecule has 0 aliphatic heterocycles. The van der Waals surface area contributed by atoms with E-state index < -0.39 is 6.04 Å². The van der Waals surface area contributed by atoms with Gasteiger partial charge in [0.05, 0.1) is 29.7 Å². The van der Waals surface area contributed by atoms with Gasteiger partial charge in [0.1, 0.15) is 11.6 Å². The first kappa shape index (κ1) is 26.1. The molecule has 37 heavy (non-hydrogen) atoms. The summed E-state index contributed by atoms with van der Waals surface area (Å²) in [4.78, 5) is 34.7. The fourth-order valence-electron chi connectivity index (χ4n) is 4.71. The Morgan fingerprint density at radius 1 is 1.00 bits per heavy atom. The molecule has 1 aromatic heterocycles. The Hall–Kier alpha value is -3.93. The van der Waals surface area contributed by atoms with E-state index in [2.05, 4.69) is 20.8 Å². The van der Waals surface area contributed by atoms with E-state index in [1.807, 2.05) is 66.4 Å². The molecule has 3 aromatic carbocycles. The molecule has 1 atom stereocenters. The zero-order valence-corrected chi connectivity index (χ0v) is 22.3. The first-order chi connectivity index (χ1) is 17.9. The van der Waals surface area contributed by atoms with Gasteiger partial charge < -0.3 is 9.64 Å². The number of ether oxygens (including phenoxy) is 1. The Labute approximate surface area is 218 Å². The highest BCUT2D eigenvalue weighted by Crippen LogP contribution is 2.29. The highest BCUT2D eigenvalue weighted by molar-refractivity contribution is 5.95. The lowest BCUT2D eigenvalue weighted by Crippen LogP contribution is -2.40. The highest BCUT2D eigenvalue weighted by Gasteiger charge is 2.30. The highest BCUT2D eigenvalue weighted by atomic mass is 16.5. The summed E-state index contributed by atoms with van der Waals surface area (Å²) in [6.45, 7) is 8.83. The standard InChI is InChI=1S/C31H35N3O3/c1-6-22-15-17-24(18-16-22)34-29(32-27-14-9-8-13-26(27)31(34)36)28(7-2)33(20-21(3)4)30(35)23-11-10-12-25(19-23)37-5/h8-19,21,28H,6-7,20H2,1-5H3. The van der Waals surface area contributed by atoms with E-state index in [-0.39, 0.29) is 17.4 Å². The number of nitrogens with zero attached hydrogens (tertiary/aromatic N) is 3. The Morgan fingerprint density at radius 2 is 1.73 bits per heavy atom. The number of methoxy groups -OCH3 is 1. The fourth-order valence-corrected chi connectivity index (χ4v) is 4.71. The van der Waals surface area contributed by atoms with Crippen molar-refractivity contribution in [1.29, 1.82) is 0 Å². The molecule has 4 rings (SSSR count). The van der Waals surface area contributed by atoms with Gasteiger partial charge in [0, 0.05) is 12.1 Å². The number of hydrogen-bond acceptors (Lipinski definition) is 4. The smallest absolute Gasteiger partial charge is 0.266 e. The second kappa shape index (κ2) is 11.4. The molecule has 0 N–H and O–H groups in total. The van der Waals surface area contributed by atoms with Crippen LogP contribution in [0.5, 0.6) is 5.75 Å². The zero-order chi connectivity index (χ0) is 26.5. The molecule has 6 nitrogen and oxygen atoms in total. The van der Waals surface area contributed by atoms with E-state index >= 15 is 0 Å². The van der Waals surface area contributed by atoms with Crippen LogP contribution in [0.3, 0.4) is 0 Å². The van der Waals surface area contributed by atoms with Crippen molar-refractivity contribution in [1.82, 2.24) is 14.5 Å². The number of hydrogen-bond donors (Lipinski definition) is 0. The van der Waals surface area contributed by atoms with Gasteiger partial charge in [-0.3, -0.25) is 14.2 Å². The lowest BCUT2D eigenvalue weighted by Gasteiger charge is -2.33. The third-order valence-corrected chi connectivity index (χ3v) is 6.60. The normalized spacial score (nSPS) is 12.1. The second-order valence-electron chi connectivity index (χ2n) is 9.66. The van der Waals surface area contributed by atoms with Crippen LogP contribution >= 0.6 is 0 Å². The third kappa shape index (κ3) is 5.43. The molecule has 0 fully saturated rings. The summed E-state index contributed by atoms with van der Waals surface area (Å²) in [6, 6.07) is 22.2. The summed E-state index contributed by atoms with van der Waals surface area (Å²) >= 11 is 0. The van der Waals surface area contributed by atoms with Gasteiger partial charge in [-0.25, -0.2) is 4.98 Å². The van der Waals surface area contributed by atoms with Crippen molar-refractivity contribution in [2.45, 2.75) is 46.6 Å². The molecule has 1 unspecified atom stereocenters. The zero-order valence-electron chi connectivity index (χ0n) is 22.3. The van der Waals surface area contributed by atoms with Crippen molar-refractivity contribution in [3.05, 3.63) is 100 Å². The van der Waals surface area contributed by atoms with E-state index in [0.29, 0.717) is 41.0 Å². The van der Waals surface area contributed by atoms with Gasteiger partial charge in [-0.15, -0.1) is 0 Å². The van der Waals surface area contributed by atoms with Gasteiger partial charge in [0.25, 0.3) is 11.5 Å². The van der Waals surface area contributed by atoms with Crippen LogP contribution in [0.1, 0.15) is 61.9 Å². The number of rotatable bonds is 9. The Balaban J connectivity index is 1.94. The molecular formula is C31H35N3O3. The van der Waals surface area contributed by atoms with Crippen molar-refractivity contribution >= 4 is 16.8 Å². The number of aryl methyl sites for hydroxylation is 1. The van der Waals surface area contributed by atoms with Crippen LogP contribution in [0.2, 0.25) is 0 Å². The summed E-state index contributed by atoms with van der Waals surface area (Å²) in [5, 5.41) is 0.551. The molecule has 1 heterocycles. The predicted octanol–water partition coefficient (Wildman–Crippen LogP) is 6.21. The molecule has 0 saturated heterocycles. The molecule has 4 aromatic rings. The van der Waals surface area contributed by atoms with E-state index in [1.165, 1.54) is 5.56 Å². The quantitative estimate of drug-likeness (QED) is 0.276. The molecule has 192 valence electrons. The number of carbonyl (C=O) groups excluding carboxylic acids is 1. The van der Waals surface area contributed by atoms with Gasteiger partial charge in [-0.2, -0.15) is 0 Å². The van der Waals surface area contributed by atoms with Crippen LogP contribution in [0.4, 0.5) is 0 Å². The van der Waals surface area contributed by atoms with Gasteiger partial charge in [0.2, 0.25) is 0 Å². The van der Waals surface area contributed by atoms with E-state index in [9.17, 15) is 9.59 Å². The average Bonchev–Trinajstić information content (AvgIpc) is 2.92. The van der Waals surface area contributed by atoms with Gasteiger partial charge in [-0.1, -0.05) is 58.0 Å². The summed E-state index contributed by atoms with van der Waals surface area (Å²) in [5.74, 6) is 1.29. The summed E-state index contributed by atoms with van der Waals surface area (Å²) in [5.41, 5.74) is 2.96. The molecule has 0 aliphatic rings. The van der Waals surface area contributed by atoms with Crippen molar-refractivity contribution in [2.24, 2.45) is 5.92 Å². The van der Waals surface area contributed by atoms with Crippen LogP contribution in [-0.2, 0) is 6.42 Å². The second-order valence-corrected chi connectivity index (χ2v) is 9.66. The van der Waals surface area contributed by atoms with Crippen LogP contribution < -0.4 is 10.3 Å². The van der Waals surface area contributed by atoms with Crippen molar-refractivity contribution in [2.75, 3.05) is 13.7 Å². The molecule has 0 spiro atoms. The molecule has 6 heteroatoms. The largest absolute Gasteiger partial charge is 0.497 e. The third-order valence-electron chi connectivity index (χ3n) is 6.60. The number of carbonyl (C=O) groups is 1. The number of amides is 1. The molecule has 1 amide bonds. The SMILES string of the molecule is CCc1ccc(-n2c(C(CC)N(CC(C)C)C(=O)c3cccc(OC)c3)nc3ccccc3c2=O)cc1. The van der Waals surface area contributed by atoms with E-state index in [0.717, 1.165) is 12.1 Å². The van der Waals surface area contributed by atoms with Gasteiger partial charge >= 0.3 is 0 Å².